The zero-order chi connectivity index (χ0) is 10.7. The van der Waals surface area contributed by atoms with Crippen LogP contribution in [0.1, 0.15) is 6.92 Å². The molecule has 6 nitrogen and oxygen atoms in total. The van der Waals surface area contributed by atoms with Gasteiger partial charge in [0.05, 0.1) is 0 Å². The Hall–Kier alpha value is -0.690. The number of aliphatic hydroxyl groups excluding tert-OH is 2. The molecule has 0 aliphatic carbocycles. The third-order valence-electron chi connectivity index (χ3n) is 2.06. The Morgan fingerprint density at radius 3 is 2.57 bits per heavy atom. The first kappa shape index (κ1) is 11.4. The highest BCUT2D eigenvalue weighted by Gasteiger charge is 2.46. The molecule has 1 fully saturated rings. The first-order valence-corrected chi connectivity index (χ1v) is 4.44. The molecule has 0 aromatic carbocycles. The fourth-order valence-electron chi connectivity index (χ4n) is 1.33. The molecule has 3 N–H and O–H groups in total. The van der Waals surface area contributed by atoms with E-state index >= 15 is 0 Å². The van der Waals surface area contributed by atoms with Crippen molar-refractivity contribution in [3.63, 3.8) is 0 Å². The lowest BCUT2D eigenvalue weighted by Crippen LogP contribution is -2.42. The summed E-state index contributed by atoms with van der Waals surface area (Å²) in [7, 11) is 1.33. The summed E-state index contributed by atoms with van der Waals surface area (Å²) in [5, 5.41) is 21.3. The van der Waals surface area contributed by atoms with Gasteiger partial charge in [-0.25, -0.2) is 0 Å². The van der Waals surface area contributed by atoms with Crippen molar-refractivity contribution in [3.05, 3.63) is 0 Å². The second-order valence-corrected chi connectivity index (χ2v) is 3.04. The highest BCUT2D eigenvalue weighted by molar-refractivity contribution is 5.81. The molecule has 1 aliphatic rings. The van der Waals surface area contributed by atoms with Gasteiger partial charge in [-0.2, -0.15) is 0 Å². The maximum Gasteiger partial charge on any atom is 0.252 e. The number of methoxy groups -OCH3 is 1. The van der Waals surface area contributed by atoms with Gasteiger partial charge >= 0.3 is 0 Å². The van der Waals surface area contributed by atoms with Crippen molar-refractivity contribution in [2.75, 3.05) is 13.7 Å². The van der Waals surface area contributed by atoms with E-state index in [1.54, 1.807) is 6.92 Å². The van der Waals surface area contributed by atoms with E-state index < -0.39 is 30.5 Å². The first-order valence-electron chi connectivity index (χ1n) is 4.44. The topological polar surface area (TPSA) is 88.0 Å². The zero-order valence-corrected chi connectivity index (χ0v) is 8.14. The fraction of sp³-hybridized carbons (Fsp3) is 0.875. The Morgan fingerprint density at radius 2 is 2.14 bits per heavy atom. The molecule has 1 aliphatic heterocycles. The molecule has 1 rings (SSSR count). The minimum atomic E-state index is -1.24. The van der Waals surface area contributed by atoms with E-state index in [9.17, 15) is 15.0 Å². The molecule has 1 heterocycles. The normalized spacial score (nSPS) is 37.1. The predicted molar refractivity (Wildman–Crippen MR) is 46.4 cm³/mol. The summed E-state index contributed by atoms with van der Waals surface area (Å²) >= 11 is 0. The molecule has 0 bridgehead atoms. The molecule has 82 valence electrons. The lowest BCUT2D eigenvalue weighted by atomic mass is 10.1. The number of aliphatic hydroxyl groups is 2. The molecular weight excluding hydrogens is 190 g/mol. The Morgan fingerprint density at radius 1 is 1.50 bits per heavy atom. The third kappa shape index (κ3) is 2.03. The molecule has 14 heavy (non-hydrogen) atoms. The SMILES string of the molecule is CCNC(=O)[C@H]1O[C@@H](OC)[C@H](O)[C@@H]1O. The van der Waals surface area contributed by atoms with Crippen molar-refractivity contribution >= 4 is 5.91 Å². The van der Waals surface area contributed by atoms with E-state index in [1.807, 2.05) is 0 Å². The lowest BCUT2D eigenvalue weighted by Gasteiger charge is -2.12. The summed E-state index contributed by atoms with van der Waals surface area (Å²) in [5.41, 5.74) is 0. The number of amides is 1. The number of ether oxygens (including phenoxy) is 2. The number of rotatable bonds is 3. The number of nitrogens with one attached hydrogen (secondary N) is 1. The molecule has 0 unspecified atom stereocenters. The first-order chi connectivity index (χ1) is 6.61. The van der Waals surface area contributed by atoms with Crippen LogP contribution < -0.4 is 5.32 Å². The van der Waals surface area contributed by atoms with Gasteiger partial charge in [0.25, 0.3) is 5.91 Å². The Balaban J connectivity index is 2.60. The number of likely N-dealkylation sites (N-methyl/N-ethyl adjacent to an activating group) is 1. The molecule has 0 aromatic heterocycles. The minimum absolute atomic E-state index is 0.444. The van der Waals surface area contributed by atoms with Crippen molar-refractivity contribution in [2.45, 2.75) is 31.5 Å². The van der Waals surface area contributed by atoms with E-state index in [-0.39, 0.29) is 0 Å². The maximum atomic E-state index is 11.3. The smallest absolute Gasteiger partial charge is 0.252 e. The van der Waals surface area contributed by atoms with Crippen LogP contribution >= 0.6 is 0 Å². The molecule has 4 atom stereocenters. The predicted octanol–water partition coefficient (Wildman–Crippen LogP) is -1.78. The average Bonchev–Trinajstić information content (AvgIpc) is 2.44. The fourth-order valence-corrected chi connectivity index (χ4v) is 1.33. The van der Waals surface area contributed by atoms with Gasteiger partial charge in [0.2, 0.25) is 0 Å². The maximum absolute atomic E-state index is 11.3. The zero-order valence-electron chi connectivity index (χ0n) is 8.14. The van der Waals surface area contributed by atoms with Gasteiger partial charge in [-0.05, 0) is 6.92 Å². The van der Waals surface area contributed by atoms with Crippen LogP contribution in [0.15, 0.2) is 0 Å². The van der Waals surface area contributed by atoms with Crippen LogP contribution in [0, 0.1) is 0 Å². The molecule has 1 saturated heterocycles. The van der Waals surface area contributed by atoms with Gasteiger partial charge in [0.15, 0.2) is 12.4 Å². The number of hydrogen-bond donors (Lipinski definition) is 3. The minimum Gasteiger partial charge on any atom is -0.387 e. The number of carbonyl (C=O) groups excluding carboxylic acids is 1. The molecule has 6 heteroatoms. The average molecular weight is 205 g/mol. The van der Waals surface area contributed by atoms with Crippen molar-refractivity contribution < 1.29 is 24.5 Å². The van der Waals surface area contributed by atoms with Crippen LogP contribution in [-0.2, 0) is 14.3 Å². The summed E-state index contributed by atoms with van der Waals surface area (Å²) < 4.78 is 9.76. The lowest BCUT2D eigenvalue weighted by molar-refractivity contribution is -0.160. The van der Waals surface area contributed by atoms with Gasteiger partial charge in [-0.1, -0.05) is 0 Å². The van der Waals surface area contributed by atoms with Crippen molar-refractivity contribution in [1.82, 2.24) is 5.32 Å². The standard InChI is InChI=1S/C8H15NO5/c1-3-9-7(12)6-4(10)5(11)8(13-2)14-6/h4-6,8,10-11H,3H2,1-2H3,(H,9,12)/t4-,5+,6-,8+/m0/s1. The second-order valence-electron chi connectivity index (χ2n) is 3.04. The van der Waals surface area contributed by atoms with Crippen molar-refractivity contribution in [1.29, 1.82) is 0 Å². The Kier molecular flexibility index (Phi) is 3.82. The van der Waals surface area contributed by atoms with Gasteiger partial charge < -0.3 is 25.0 Å². The molecule has 0 saturated carbocycles. The van der Waals surface area contributed by atoms with E-state index in [1.165, 1.54) is 7.11 Å². The molecule has 1 amide bonds. The molecule has 0 radical (unpaired) electrons. The van der Waals surface area contributed by atoms with E-state index in [4.69, 9.17) is 9.47 Å². The summed E-state index contributed by atoms with van der Waals surface area (Å²) in [5.74, 6) is -0.446. The van der Waals surface area contributed by atoms with Crippen LogP contribution in [0.3, 0.4) is 0 Å². The largest absolute Gasteiger partial charge is 0.387 e. The van der Waals surface area contributed by atoms with Crippen molar-refractivity contribution in [3.8, 4) is 0 Å². The third-order valence-corrected chi connectivity index (χ3v) is 2.06. The van der Waals surface area contributed by atoms with Crippen molar-refractivity contribution in [2.24, 2.45) is 0 Å². The van der Waals surface area contributed by atoms with Gasteiger partial charge in [0.1, 0.15) is 12.2 Å². The second kappa shape index (κ2) is 4.70. The van der Waals surface area contributed by atoms with Gasteiger partial charge in [-0.15, -0.1) is 0 Å². The summed E-state index contributed by atoms with van der Waals surface area (Å²) in [6, 6.07) is 0. The van der Waals surface area contributed by atoms with Crippen LogP contribution in [0.25, 0.3) is 0 Å². The van der Waals surface area contributed by atoms with E-state index in [0.29, 0.717) is 6.54 Å². The highest BCUT2D eigenvalue weighted by Crippen LogP contribution is 2.21. The molecule has 0 aromatic rings. The molecular formula is C8H15NO5. The number of carbonyl (C=O) groups is 1. The van der Waals surface area contributed by atoms with E-state index in [0.717, 1.165) is 0 Å². The quantitative estimate of drug-likeness (QED) is 0.506. The molecule has 0 spiro atoms. The van der Waals surface area contributed by atoms with E-state index in [2.05, 4.69) is 5.32 Å². The monoisotopic (exact) mass is 205 g/mol. The van der Waals surface area contributed by atoms with Crippen LogP contribution in [0.5, 0.6) is 0 Å². The summed E-state index contributed by atoms with van der Waals surface area (Å²) in [6.45, 7) is 2.20. The van der Waals surface area contributed by atoms with Gasteiger partial charge in [0, 0.05) is 13.7 Å². The Bertz CT molecular complexity index is 210. The number of hydrogen-bond acceptors (Lipinski definition) is 5. The highest BCUT2D eigenvalue weighted by atomic mass is 16.7. The van der Waals surface area contributed by atoms with Crippen LogP contribution in [-0.4, -0.2) is 54.4 Å². The van der Waals surface area contributed by atoms with Gasteiger partial charge in [-0.3, -0.25) is 4.79 Å². The Labute approximate surface area is 81.8 Å². The van der Waals surface area contributed by atoms with Crippen LogP contribution in [0.4, 0.5) is 0 Å². The van der Waals surface area contributed by atoms with Crippen LogP contribution in [0.2, 0.25) is 0 Å². The summed E-state index contributed by atoms with van der Waals surface area (Å²) in [4.78, 5) is 11.3. The summed E-state index contributed by atoms with van der Waals surface area (Å²) in [6.07, 6.45) is -4.44.